The lowest BCUT2D eigenvalue weighted by atomic mass is 9.99. The van der Waals surface area contributed by atoms with Crippen LogP contribution in [0.5, 0.6) is 0 Å². The van der Waals surface area contributed by atoms with Crippen LogP contribution < -0.4 is 11.1 Å². The molecule has 3 N–H and O–H groups in total. The van der Waals surface area contributed by atoms with Gasteiger partial charge >= 0.3 is 0 Å². The van der Waals surface area contributed by atoms with Crippen molar-refractivity contribution in [1.82, 2.24) is 5.32 Å². The highest BCUT2D eigenvalue weighted by Gasteiger charge is 2.21. The van der Waals surface area contributed by atoms with E-state index in [0.717, 1.165) is 25.9 Å². The van der Waals surface area contributed by atoms with Crippen LogP contribution in [0.15, 0.2) is 0 Å². The van der Waals surface area contributed by atoms with E-state index in [-0.39, 0.29) is 17.9 Å². The fourth-order valence-electron chi connectivity index (χ4n) is 1.65. The van der Waals surface area contributed by atoms with E-state index in [1.165, 1.54) is 0 Å². The number of carbonyl (C=O) groups is 1. The third-order valence-corrected chi connectivity index (χ3v) is 3.09. The van der Waals surface area contributed by atoms with Crippen molar-refractivity contribution >= 4 is 5.91 Å². The first-order valence-electron chi connectivity index (χ1n) is 5.80. The summed E-state index contributed by atoms with van der Waals surface area (Å²) in [7, 11) is 0. The summed E-state index contributed by atoms with van der Waals surface area (Å²) in [6, 6.07) is -0.392. The largest absolute Gasteiger partial charge is 0.376 e. The van der Waals surface area contributed by atoms with Gasteiger partial charge in [0.2, 0.25) is 5.91 Å². The first-order chi connectivity index (χ1) is 7.15. The van der Waals surface area contributed by atoms with Crippen molar-refractivity contribution in [3.05, 3.63) is 0 Å². The van der Waals surface area contributed by atoms with Crippen molar-refractivity contribution in [2.24, 2.45) is 11.7 Å². The van der Waals surface area contributed by atoms with Crippen LogP contribution in [0.25, 0.3) is 0 Å². The minimum Gasteiger partial charge on any atom is -0.376 e. The van der Waals surface area contributed by atoms with E-state index in [0.29, 0.717) is 6.54 Å². The van der Waals surface area contributed by atoms with Crippen LogP contribution in [0, 0.1) is 5.92 Å². The zero-order chi connectivity index (χ0) is 11.3. The molecule has 0 aromatic rings. The van der Waals surface area contributed by atoms with E-state index in [9.17, 15) is 4.79 Å². The molecule has 4 nitrogen and oxygen atoms in total. The molecule has 4 heteroatoms. The number of nitrogens with one attached hydrogen (secondary N) is 1. The maximum absolute atomic E-state index is 11.6. The Morgan fingerprint density at radius 3 is 2.93 bits per heavy atom. The molecule has 1 fully saturated rings. The van der Waals surface area contributed by atoms with Gasteiger partial charge in [-0.2, -0.15) is 0 Å². The van der Waals surface area contributed by atoms with Crippen LogP contribution in [0.4, 0.5) is 0 Å². The summed E-state index contributed by atoms with van der Waals surface area (Å²) < 4.78 is 5.41. The molecule has 0 bridgehead atoms. The fraction of sp³-hybridized carbons (Fsp3) is 0.909. The van der Waals surface area contributed by atoms with Gasteiger partial charge in [-0.1, -0.05) is 20.3 Å². The molecule has 0 spiro atoms. The van der Waals surface area contributed by atoms with Gasteiger partial charge in [-0.15, -0.1) is 0 Å². The summed E-state index contributed by atoms with van der Waals surface area (Å²) in [5, 5.41) is 2.85. The van der Waals surface area contributed by atoms with Crippen molar-refractivity contribution in [2.45, 2.75) is 45.3 Å². The monoisotopic (exact) mass is 214 g/mol. The van der Waals surface area contributed by atoms with Gasteiger partial charge in [0, 0.05) is 13.2 Å². The zero-order valence-electron chi connectivity index (χ0n) is 9.66. The van der Waals surface area contributed by atoms with Gasteiger partial charge < -0.3 is 15.8 Å². The molecule has 1 heterocycles. The molecular weight excluding hydrogens is 192 g/mol. The van der Waals surface area contributed by atoms with Gasteiger partial charge in [-0.05, 0) is 18.8 Å². The summed E-state index contributed by atoms with van der Waals surface area (Å²) in [5.74, 6) is 0.175. The van der Waals surface area contributed by atoms with Crippen LogP contribution in [0.1, 0.15) is 33.1 Å². The normalized spacial score (nSPS) is 24.9. The number of carbonyl (C=O) groups excluding carboxylic acids is 1. The molecule has 3 atom stereocenters. The number of nitrogens with two attached hydrogens (primary N) is 1. The first-order valence-corrected chi connectivity index (χ1v) is 5.80. The van der Waals surface area contributed by atoms with E-state index < -0.39 is 6.04 Å². The Kier molecular flexibility index (Phi) is 5.05. The van der Waals surface area contributed by atoms with E-state index in [1.807, 2.05) is 13.8 Å². The van der Waals surface area contributed by atoms with Crippen LogP contribution in [0.3, 0.4) is 0 Å². The Morgan fingerprint density at radius 1 is 1.67 bits per heavy atom. The lowest BCUT2D eigenvalue weighted by molar-refractivity contribution is -0.123. The molecule has 15 heavy (non-hydrogen) atoms. The number of ether oxygens (including phenoxy) is 1. The highest BCUT2D eigenvalue weighted by Crippen LogP contribution is 2.11. The van der Waals surface area contributed by atoms with Crippen LogP contribution >= 0.6 is 0 Å². The molecule has 0 aliphatic carbocycles. The predicted molar refractivity (Wildman–Crippen MR) is 59.4 cm³/mol. The van der Waals surface area contributed by atoms with Crippen molar-refractivity contribution in [3.8, 4) is 0 Å². The Morgan fingerprint density at radius 2 is 2.40 bits per heavy atom. The third kappa shape index (κ3) is 3.80. The molecule has 2 unspecified atom stereocenters. The smallest absolute Gasteiger partial charge is 0.237 e. The average Bonchev–Trinajstić information content (AvgIpc) is 2.76. The molecule has 0 saturated carbocycles. The highest BCUT2D eigenvalue weighted by atomic mass is 16.5. The molecule has 1 saturated heterocycles. The number of rotatable bonds is 5. The minimum atomic E-state index is -0.392. The Labute approximate surface area is 91.5 Å². The fourth-order valence-corrected chi connectivity index (χ4v) is 1.65. The minimum absolute atomic E-state index is 0.0557. The second-order valence-corrected chi connectivity index (χ2v) is 4.29. The summed E-state index contributed by atoms with van der Waals surface area (Å²) in [5.41, 5.74) is 5.80. The van der Waals surface area contributed by atoms with E-state index in [1.54, 1.807) is 0 Å². The maximum Gasteiger partial charge on any atom is 0.237 e. The first kappa shape index (κ1) is 12.5. The maximum atomic E-state index is 11.6. The lowest BCUT2D eigenvalue weighted by Crippen LogP contribution is -2.46. The Balaban J connectivity index is 2.22. The quantitative estimate of drug-likeness (QED) is 0.706. The Bertz CT molecular complexity index is 203. The van der Waals surface area contributed by atoms with Gasteiger partial charge in [0.15, 0.2) is 0 Å². The van der Waals surface area contributed by atoms with Gasteiger partial charge in [0.05, 0.1) is 12.1 Å². The molecule has 0 aromatic carbocycles. The number of amides is 1. The molecule has 1 rings (SSSR count). The topological polar surface area (TPSA) is 64.4 Å². The summed E-state index contributed by atoms with van der Waals surface area (Å²) in [6.45, 7) is 5.45. The van der Waals surface area contributed by atoms with Gasteiger partial charge in [-0.3, -0.25) is 4.79 Å². The van der Waals surface area contributed by atoms with Crippen LogP contribution in [-0.4, -0.2) is 31.2 Å². The lowest BCUT2D eigenvalue weighted by Gasteiger charge is -2.19. The third-order valence-electron chi connectivity index (χ3n) is 3.09. The number of hydrogen-bond donors (Lipinski definition) is 2. The SMILES string of the molecule is CCC(C)[C@H](N)C(=O)NCC1CCCO1. The molecule has 0 radical (unpaired) electrons. The highest BCUT2D eigenvalue weighted by molar-refractivity contribution is 5.81. The van der Waals surface area contributed by atoms with Crippen molar-refractivity contribution < 1.29 is 9.53 Å². The summed E-state index contributed by atoms with van der Waals surface area (Å²) in [4.78, 5) is 11.6. The average molecular weight is 214 g/mol. The second-order valence-electron chi connectivity index (χ2n) is 4.29. The van der Waals surface area contributed by atoms with E-state index in [4.69, 9.17) is 10.5 Å². The molecule has 0 aromatic heterocycles. The van der Waals surface area contributed by atoms with Crippen LogP contribution in [0.2, 0.25) is 0 Å². The van der Waals surface area contributed by atoms with Crippen molar-refractivity contribution in [3.63, 3.8) is 0 Å². The summed E-state index contributed by atoms with van der Waals surface area (Å²) >= 11 is 0. The van der Waals surface area contributed by atoms with Crippen molar-refractivity contribution in [1.29, 1.82) is 0 Å². The van der Waals surface area contributed by atoms with E-state index >= 15 is 0 Å². The van der Waals surface area contributed by atoms with Gasteiger partial charge in [-0.25, -0.2) is 0 Å². The standard InChI is InChI=1S/C11H22N2O2/c1-3-8(2)10(12)11(14)13-7-9-5-4-6-15-9/h8-10H,3-7,12H2,1-2H3,(H,13,14)/t8?,9?,10-/m0/s1. The molecular formula is C11H22N2O2. The van der Waals surface area contributed by atoms with Gasteiger partial charge in [0.25, 0.3) is 0 Å². The molecule has 1 amide bonds. The van der Waals surface area contributed by atoms with Crippen LogP contribution in [-0.2, 0) is 9.53 Å². The molecule has 88 valence electrons. The summed E-state index contributed by atoms with van der Waals surface area (Å²) in [6.07, 6.45) is 3.25. The predicted octanol–water partition coefficient (Wildman–Crippen LogP) is 0.655. The van der Waals surface area contributed by atoms with Crippen molar-refractivity contribution in [2.75, 3.05) is 13.2 Å². The second kappa shape index (κ2) is 6.08. The van der Waals surface area contributed by atoms with E-state index in [2.05, 4.69) is 5.32 Å². The number of hydrogen-bond acceptors (Lipinski definition) is 3. The zero-order valence-corrected chi connectivity index (χ0v) is 9.66. The van der Waals surface area contributed by atoms with Gasteiger partial charge in [0.1, 0.15) is 0 Å². The Hall–Kier alpha value is -0.610. The molecule has 1 aliphatic heterocycles. The molecule has 1 aliphatic rings.